The summed E-state index contributed by atoms with van der Waals surface area (Å²) in [4.78, 5) is 15.0. The first-order valence-electron chi connectivity index (χ1n) is 10.3. The standard InChI is InChI=1S/C22H27N3O4S/c1-29-20-10-4-17(5-11-20)16-25(19-8-9-19)22(26)23-18-6-12-21(13-7-18)30(27,28)24-14-2-3-15-24/h4-7,10-13,19H,2-3,8-9,14-16H2,1H3,(H,23,26). The fraction of sp³-hybridized carbons (Fsp3) is 0.409. The number of sulfonamides is 1. The van der Waals surface area contributed by atoms with Crippen LogP contribution >= 0.6 is 0 Å². The molecule has 0 aromatic heterocycles. The van der Waals surface area contributed by atoms with E-state index in [0.717, 1.165) is 37.0 Å². The lowest BCUT2D eigenvalue weighted by atomic mass is 10.2. The van der Waals surface area contributed by atoms with Crippen LogP contribution in [-0.2, 0) is 16.6 Å². The number of amides is 2. The fourth-order valence-corrected chi connectivity index (χ4v) is 5.18. The molecule has 8 heteroatoms. The average Bonchev–Trinajstić information content (AvgIpc) is 3.43. The Morgan fingerprint density at radius 3 is 2.27 bits per heavy atom. The first kappa shape index (κ1) is 20.7. The third-order valence-electron chi connectivity index (χ3n) is 5.57. The number of benzene rings is 2. The average molecular weight is 430 g/mol. The molecule has 1 aliphatic heterocycles. The first-order valence-corrected chi connectivity index (χ1v) is 11.7. The zero-order valence-electron chi connectivity index (χ0n) is 17.1. The number of hydrogen-bond acceptors (Lipinski definition) is 4. The third kappa shape index (κ3) is 4.60. The molecule has 1 heterocycles. The second-order valence-corrected chi connectivity index (χ2v) is 9.71. The van der Waals surface area contributed by atoms with Crippen LogP contribution in [0.3, 0.4) is 0 Å². The van der Waals surface area contributed by atoms with E-state index in [2.05, 4.69) is 5.32 Å². The molecule has 0 atom stereocenters. The summed E-state index contributed by atoms with van der Waals surface area (Å²) in [5, 5.41) is 2.91. The monoisotopic (exact) mass is 429 g/mol. The van der Waals surface area contributed by atoms with Crippen LogP contribution in [0, 0.1) is 0 Å². The molecule has 2 aromatic rings. The number of anilines is 1. The zero-order chi connectivity index (χ0) is 21.1. The van der Waals surface area contributed by atoms with E-state index in [1.807, 2.05) is 29.2 Å². The number of rotatable bonds is 7. The highest BCUT2D eigenvalue weighted by Crippen LogP contribution is 2.30. The van der Waals surface area contributed by atoms with E-state index >= 15 is 0 Å². The normalized spacial score (nSPS) is 17.0. The number of hydrogen-bond donors (Lipinski definition) is 1. The number of ether oxygens (including phenoxy) is 1. The quantitative estimate of drug-likeness (QED) is 0.728. The SMILES string of the molecule is COc1ccc(CN(C(=O)Nc2ccc(S(=O)(=O)N3CCCC3)cc2)C2CC2)cc1. The molecular weight excluding hydrogens is 402 g/mol. The van der Waals surface area contributed by atoms with E-state index in [0.29, 0.717) is 25.3 Å². The van der Waals surface area contributed by atoms with Crippen molar-refractivity contribution in [2.45, 2.75) is 43.2 Å². The maximum Gasteiger partial charge on any atom is 0.322 e. The summed E-state index contributed by atoms with van der Waals surface area (Å²) in [7, 11) is -1.82. The highest BCUT2D eigenvalue weighted by molar-refractivity contribution is 7.89. The maximum absolute atomic E-state index is 12.9. The van der Waals surface area contributed by atoms with Gasteiger partial charge < -0.3 is 15.0 Å². The first-order chi connectivity index (χ1) is 14.5. The second-order valence-electron chi connectivity index (χ2n) is 7.77. The molecule has 1 saturated carbocycles. The predicted octanol–water partition coefficient (Wildman–Crippen LogP) is 3.68. The maximum atomic E-state index is 12.9. The summed E-state index contributed by atoms with van der Waals surface area (Å²) in [6.45, 7) is 1.66. The van der Waals surface area contributed by atoms with Gasteiger partial charge >= 0.3 is 6.03 Å². The van der Waals surface area contributed by atoms with Gasteiger partial charge in [0.2, 0.25) is 10.0 Å². The van der Waals surface area contributed by atoms with E-state index < -0.39 is 10.0 Å². The number of nitrogens with zero attached hydrogens (tertiary/aromatic N) is 2. The van der Waals surface area contributed by atoms with Crippen LogP contribution in [0.15, 0.2) is 53.4 Å². The zero-order valence-corrected chi connectivity index (χ0v) is 17.9. The molecule has 0 unspecified atom stereocenters. The van der Waals surface area contributed by atoms with Crippen molar-refractivity contribution in [2.24, 2.45) is 0 Å². The van der Waals surface area contributed by atoms with Gasteiger partial charge in [-0.1, -0.05) is 12.1 Å². The molecule has 1 aliphatic carbocycles. The molecule has 0 spiro atoms. The van der Waals surface area contributed by atoms with Crippen LogP contribution in [0.4, 0.5) is 10.5 Å². The lowest BCUT2D eigenvalue weighted by molar-refractivity contribution is 0.206. The van der Waals surface area contributed by atoms with Crippen LogP contribution < -0.4 is 10.1 Å². The smallest absolute Gasteiger partial charge is 0.322 e. The largest absolute Gasteiger partial charge is 0.497 e. The summed E-state index contributed by atoms with van der Waals surface area (Å²) in [6, 6.07) is 14.2. The van der Waals surface area contributed by atoms with Gasteiger partial charge in [0.25, 0.3) is 0 Å². The van der Waals surface area contributed by atoms with Gasteiger partial charge in [-0.3, -0.25) is 0 Å². The van der Waals surface area contributed by atoms with Crippen molar-refractivity contribution in [3.63, 3.8) is 0 Å². The van der Waals surface area contributed by atoms with Crippen molar-refractivity contribution in [3.05, 3.63) is 54.1 Å². The molecule has 1 saturated heterocycles. The lowest BCUT2D eigenvalue weighted by Gasteiger charge is -2.23. The molecule has 2 fully saturated rings. The van der Waals surface area contributed by atoms with Gasteiger partial charge in [-0.2, -0.15) is 4.31 Å². The lowest BCUT2D eigenvalue weighted by Crippen LogP contribution is -2.36. The van der Waals surface area contributed by atoms with Crippen LogP contribution in [0.5, 0.6) is 5.75 Å². The molecule has 2 aromatic carbocycles. The number of carbonyl (C=O) groups excluding carboxylic acids is 1. The van der Waals surface area contributed by atoms with Gasteiger partial charge in [-0.25, -0.2) is 13.2 Å². The van der Waals surface area contributed by atoms with Gasteiger partial charge in [-0.05, 0) is 67.6 Å². The Hall–Kier alpha value is -2.58. The minimum atomic E-state index is -3.45. The summed E-state index contributed by atoms with van der Waals surface area (Å²) >= 11 is 0. The molecule has 4 rings (SSSR count). The molecule has 1 N–H and O–H groups in total. The molecule has 30 heavy (non-hydrogen) atoms. The van der Waals surface area contributed by atoms with Crippen molar-refractivity contribution in [1.82, 2.24) is 9.21 Å². The number of methoxy groups -OCH3 is 1. The van der Waals surface area contributed by atoms with Crippen LogP contribution in [-0.4, -0.2) is 49.9 Å². The summed E-state index contributed by atoms with van der Waals surface area (Å²) < 4.78 is 32.0. The second kappa shape index (κ2) is 8.65. The van der Waals surface area contributed by atoms with E-state index in [1.54, 1.807) is 31.4 Å². The van der Waals surface area contributed by atoms with Crippen molar-refractivity contribution in [2.75, 3.05) is 25.5 Å². The molecule has 2 amide bonds. The Kier molecular flexibility index (Phi) is 5.97. The summed E-state index contributed by atoms with van der Waals surface area (Å²) in [5.74, 6) is 0.783. The molecule has 0 radical (unpaired) electrons. The number of urea groups is 1. The Bertz CT molecular complexity index is 980. The van der Waals surface area contributed by atoms with Gasteiger partial charge in [-0.15, -0.1) is 0 Å². The molecule has 2 aliphatic rings. The Labute approximate surface area is 177 Å². The van der Waals surface area contributed by atoms with E-state index in [1.165, 1.54) is 4.31 Å². The van der Waals surface area contributed by atoms with Gasteiger partial charge in [0, 0.05) is 31.4 Å². The molecule has 0 bridgehead atoms. The predicted molar refractivity (Wildman–Crippen MR) is 115 cm³/mol. The molecular formula is C22H27N3O4S. The van der Waals surface area contributed by atoms with Crippen LogP contribution in [0.2, 0.25) is 0 Å². The van der Waals surface area contributed by atoms with E-state index in [9.17, 15) is 13.2 Å². The van der Waals surface area contributed by atoms with Crippen molar-refractivity contribution in [3.8, 4) is 5.75 Å². The molecule has 160 valence electrons. The fourth-order valence-electron chi connectivity index (χ4n) is 3.66. The summed E-state index contributed by atoms with van der Waals surface area (Å²) in [5.41, 5.74) is 1.62. The van der Waals surface area contributed by atoms with Crippen molar-refractivity contribution < 1.29 is 17.9 Å². The van der Waals surface area contributed by atoms with Gasteiger partial charge in [0.05, 0.1) is 12.0 Å². The Morgan fingerprint density at radius 2 is 1.70 bits per heavy atom. The van der Waals surface area contributed by atoms with E-state index in [-0.39, 0.29) is 17.0 Å². The number of nitrogens with one attached hydrogen (secondary N) is 1. The van der Waals surface area contributed by atoms with Crippen molar-refractivity contribution >= 4 is 21.7 Å². The topological polar surface area (TPSA) is 79.0 Å². The highest BCUT2D eigenvalue weighted by atomic mass is 32.2. The minimum absolute atomic E-state index is 0.177. The Morgan fingerprint density at radius 1 is 1.07 bits per heavy atom. The van der Waals surface area contributed by atoms with E-state index in [4.69, 9.17) is 4.74 Å². The van der Waals surface area contributed by atoms with Crippen molar-refractivity contribution in [1.29, 1.82) is 0 Å². The van der Waals surface area contributed by atoms with Crippen LogP contribution in [0.1, 0.15) is 31.2 Å². The van der Waals surface area contributed by atoms with Gasteiger partial charge in [0.15, 0.2) is 0 Å². The van der Waals surface area contributed by atoms with Crippen LogP contribution in [0.25, 0.3) is 0 Å². The highest BCUT2D eigenvalue weighted by Gasteiger charge is 2.33. The molecule has 7 nitrogen and oxygen atoms in total. The number of carbonyl (C=O) groups is 1. The summed E-state index contributed by atoms with van der Waals surface area (Å²) in [6.07, 6.45) is 3.80. The third-order valence-corrected chi connectivity index (χ3v) is 7.48. The van der Waals surface area contributed by atoms with Gasteiger partial charge in [0.1, 0.15) is 5.75 Å². The Balaban J connectivity index is 1.42. The minimum Gasteiger partial charge on any atom is -0.497 e.